The highest BCUT2D eigenvalue weighted by Crippen LogP contribution is 2.50. The van der Waals surface area contributed by atoms with E-state index in [9.17, 15) is 4.79 Å². The minimum Gasteiger partial charge on any atom is -0.370 e. The predicted octanol–water partition coefficient (Wildman–Crippen LogP) is 6.47. The lowest BCUT2D eigenvalue weighted by atomic mass is 9.89. The number of Topliss-reactive ketones (excluding diaryl/α,β-unsaturated/α-hetero) is 1. The lowest BCUT2D eigenvalue weighted by Gasteiger charge is -2.33. The van der Waals surface area contributed by atoms with Crippen molar-refractivity contribution in [3.63, 3.8) is 0 Å². The molecule has 3 aromatic rings. The smallest absolute Gasteiger partial charge is 0.163 e. The summed E-state index contributed by atoms with van der Waals surface area (Å²) in [6, 6.07) is 10.6. The second-order valence-corrected chi connectivity index (χ2v) is 10.0. The first-order valence-electron chi connectivity index (χ1n) is 10.8. The first-order chi connectivity index (χ1) is 14.5. The molecule has 4 nitrogen and oxygen atoms in total. The van der Waals surface area contributed by atoms with E-state index in [-0.39, 0.29) is 5.78 Å². The van der Waals surface area contributed by atoms with Crippen LogP contribution in [0.5, 0.6) is 0 Å². The fraction of sp³-hybridized carbons (Fsp3) is 0.423. The molecule has 0 N–H and O–H groups in total. The molecule has 0 unspecified atom stereocenters. The van der Waals surface area contributed by atoms with Crippen molar-refractivity contribution >= 4 is 34.0 Å². The molecule has 0 spiro atoms. The van der Waals surface area contributed by atoms with Crippen LogP contribution >= 0.6 is 11.6 Å². The first-order valence-corrected chi connectivity index (χ1v) is 11.2. The molecule has 2 aromatic carbocycles. The van der Waals surface area contributed by atoms with Gasteiger partial charge in [-0.3, -0.25) is 4.79 Å². The zero-order valence-electron chi connectivity index (χ0n) is 19.5. The standard InChI is InChI=1S/C26H31ClN2O2/c1-15-8-10-18(11-9-15)20-19-14-16(2)29-13-12-28(7)24(23(19)29)22(27)21(20)25(17(3)30)31-26(4,5)6/h8-11,14,25H,12-13H2,1-7H3/t25-/m0/s1. The number of carbonyl (C=O) groups excluding carboxylic acids is 1. The maximum atomic E-state index is 12.9. The molecule has 0 amide bonds. The van der Waals surface area contributed by atoms with Gasteiger partial charge in [0.2, 0.25) is 0 Å². The molecule has 0 saturated heterocycles. The van der Waals surface area contributed by atoms with Crippen molar-refractivity contribution in [2.75, 3.05) is 18.5 Å². The molecule has 0 fully saturated rings. The second kappa shape index (κ2) is 7.68. The molecule has 5 heteroatoms. The van der Waals surface area contributed by atoms with Crippen molar-refractivity contribution < 1.29 is 9.53 Å². The number of hydrogen-bond acceptors (Lipinski definition) is 3. The van der Waals surface area contributed by atoms with E-state index in [2.05, 4.69) is 60.7 Å². The lowest BCUT2D eigenvalue weighted by molar-refractivity contribution is -0.138. The molecule has 31 heavy (non-hydrogen) atoms. The van der Waals surface area contributed by atoms with Gasteiger partial charge in [0, 0.05) is 36.8 Å². The minimum absolute atomic E-state index is 0.0497. The minimum atomic E-state index is -0.747. The van der Waals surface area contributed by atoms with E-state index in [1.807, 2.05) is 20.8 Å². The third kappa shape index (κ3) is 3.77. The Morgan fingerprint density at radius 2 is 1.77 bits per heavy atom. The molecule has 0 aliphatic carbocycles. The number of halogens is 1. The Morgan fingerprint density at radius 3 is 2.35 bits per heavy atom. The van der Waals surface area contributed by atoms with E-state index in [1.165, 1.54) is 11.3 Å². The average Bonchev–Trinajstić information content (AvgIpc) is 3.00. The van der Waals surface area contributed by atoms with E-state index >= 15 is 0 Å². The molecule has 0 bridgehead atoms. The lowest BCUT2D eigenvalue weighted by Crippen LogP contribution is -2.30. The Hall–Kier alpha value is -2.30. The fourth-order valence-corrected chi connectivity index (χ4v) is 5.01. The van der Waals surface area contributed by atoms with E-state index in [0.29, 0.717) is 5.02 Å². The monoisotopic (exact) mass is 438 g/mol. The molecule has 1 aliphatic heterocycles. The molecule has 1 atom stereocenters. The van der Waals surface area contributed by atoms with Gasteiger partial charge in [0.25, 0.3) is 0 Å². The highest BCUT2D eigenvalue weighted by Gasteiger charge is 2.34. The summed E-state index contributed by atoms with van der Waals surface area (Å²) in [5.41, 5.74) is 6.80. The van der Waals surface area contributed by atoms with Crippen LogP contribution in [0, 0.1) is 13.8 Å². The van der Waals surface area contributed by atoms with E-state index in [4.69, 9.17) is 16.3 Å². The topological polar surface area (TPSA) is 34.5 Å². The van der Waals surface area contributed by atoms with Gasteiger partial charge >= 0.3 is 0 Å². The maximum Gasteiger partial charge on any atom is 0.163 e. The Morgan fingerprint density at radius 1 is 1.13 bits per heavy atom. The number of likely N-dealkylation sites (N-methyl/N-ethyl adjacent to an activating group) is 1. The average molecular weight is 439 g/mol. The second-order valence-electron chi connectivity index (χ2n) is 9.66. The van der Waals surface area contributed by atoms with Gasteiger partial charge in [0.15, 0.2) is 5.78 Å². The van der Waals surface area contributed by atoms with Crippen molar-refractivity contribution in [3.8, 4) is 11.1 Å². The molecule has 1 aliphatic rings. The summed E-state index contributed by atoms with van der Waals surface area (Å²) in [5, 5.41) is 1.72. The largest absolute Gasteiger partial charge is 0.370 e. The summed E-state index contributed by atoms with van der Waals surface area (Å²) < 4.78 is 8.67. The van der Waals surface area contributed by atoms with Gasteiger partial charge in [-0.1, -0.05) is 41.4 Å². The van der Waals surface area contributed by atoms with E-state index < -0.39 is 11.7 Å². The SMILES string of the molecule is CC(=O)[C@H](OC(C)(C)C)c1c(Cl)c2c3c(cc(C)n3CCN2C)c1-c1ccc(C)cc1. The molecular formula is C26H31ClN2O2. The van der Waals surface area contributed by atoms with Gasteiger partial charge in [-0.05, 0) is 58.7 Å². The zero-order valence-corrected chi connectivity index (χ0v) is 20.2. The number of nitrogens with zero attached hydrogens (tertiary/aromatic N) is 2. The Labute approximate surface area is 189 Å². The number of carbonyl (C=O) groups is 1. The number of aromatic nitrogens is 1. The quantitative estimate of drug-likeness (QED) is 0.468. The number of benzene rings is 2. The van der Waals surface area contributed by atoms with Crippen molar-refractivity contribution in [1.82, 2.24) is 4.57 Å². The summed E-state index contributed by atoms with van der Waals surface area (Å²) >= 11 is 7.16. The van der Waals surface area contributed by atoms with Gasteiger partial charge in [-0.15, -0.1) is 0 Å². The van der Waals surface area contributed by atoms with Crippen molar-refractivity contribution in [1.29, 1.82) is 0 Å². The van der Waals surface area contributed by atoms with E-state index in [1.54, 1.807) is 6.92 Å². The van der Waals surface area contributed by atoms with Crippen LogP contribution in [0.15, 0.2) is 30.3 Å². The molecular weight excluding hydrogens is 408 g/mol. The summed E-state index contributed by atoms with van der Waals surface area (Å²) in [6.45, 7) is 13.5. The highest BCUT2D eigenvalue weighted by molar-refractivity contribution is 6.37. The van der Waals surface area contributed by atoms with Gasteiger partial charge in [-0.25, -0.2) is 0 Å². The maximum absolute atomic E-state index is 12.9. The van der Waals surface area contributed by atoms with Crippen molar-refractivity contribution in [3.05, 3.63) is 52.2 Å². The number of ether oxygens (including phenoxy) is 1. The summed E-state index contributed by atoms with van der Waals surface area (Å²) in [7, 11) is 2.06. The summed E-state index contributed by atoms with van der Waals surface area (Å²) in [6.07, 6.45) is -0.747. The van der Waals surface area contributed by atoms with Crippen LogP contribution in [0.3, 0.4) is 0 Å². The molecule has 1 aromatic heterocycles. The first kappa shape index (κ1) is 21.9. The fourth-order valence-electron chi connectivity index (χ4n) is 4.58. The van der Waals surface area contributed by atoms with Crippen LogP contribution in [0.25, 0.3) is 22.0 Å². The molecule has 0 saturated carbocycles. The van der Waals surface area contributed by atoms with Gasteiger partial charge in [-0.2, -0.15) is 0 Å². The predicted molar refractivity (Wildman–Crippen MR) is 129 cm³/mol. The van der Waals surface area contributed by atoms with Gasteiger partial charge in [0.05, 0.1) is 21.8 Å². The Bertz CT molecular complexity index is 1170. The van der Waals surface area contributed by atoms with Crippen LogP contribution in [0.4, 0.5) is 5.69 Å². The molecule has 2 heterocycles. The van der Waals surface area contributed by atoms with Gasteiger partial charge in [0.1, 0.15) is 6.10 Å². The van der Waals surface area contributed by atoms with Gasteiger partial charge < -0.3 is 14.2 Å². The van der Waals surface area contributed by atoms with Crippen molar-refractivity contribution in [2.24, 2.45) is 0 Å². The van der Waals surface area contributed by atoms with Crippen LogP contribution in [0.1, 0.15) is 50.6 Å². The Kier molecular flexibility index (Phi) is 5.43. The van der Waals surface area contributed by atoms with Crippen LogP contribution in [0.2, 0.25) is 5.02 Å². The summed E-state index contributed by atoms with van der Waals surface area (Å²) in [5.74, 6) is -0.0497. The third-order valence-electron chi connectivity index (χ3n) is 6.00. The third-order valence-corrected chi connectivity index (χ3v) is 6.38. The zero-order chi connectivity index (χ0) is 22.7. The summed E-state index contributed by atoms with van der Waals surface area (Å²) in [4.78, 5) is 15.1. The normalized spacial score (nSPS) is 14.9. The van der Waals surface area contributed by atoms with Crippen LogP contribution in [-0.2, 0) is 16.1 Å². The molecule has 0 radical (unpaired) electrons. The Balaban J connectivity index is 2.16. The van der Waals surface area contributed by atoms with E-state index in [0.717, 1.165) is 46.4 Å². The number of aryl methyl sites for hydroxylation is 2. The van der Waals surface area contributed by atoms with Crippen LogP contribution in [-0.4, -0.2) is 29.5 Å². The molecule has 4 rings (SSSR count). The number of ketones is 1. The number of anilines is 1. The number of rotatable bonds is 4. The molecule has 164 valence electrons. The van der Waals surface area contributed by atoms with Crippen LogP contribution < -0.4 is 4.90 Å². The highest BCUT2D eigenvalue weighted by atomic mass is 35.5. The number of hydrogen-bond donors (Lipinski definition) is 0. The van der Waals surface area contributed by atoms with Crippen molar-refractivity contribution in [2.45, 2.75) is 59.8 Å².